The van der Waals surface area contributed by atoms with Crippen molar-refractivity contribution in [1.82, 2.24) is 15.5 Å². The Hall–Kier alpha value is -1.95. The third-order valence-electron chi connectivity index (χ3n) is 2.65. The minimum atomic E-state index is -0.211. The first kappa shape index (κ1) is 14.5. The molecule has 1 amide bonds. The first-order valence-corrected chi connectivity index (χ1v) is 7.09. The van der Waals surface area contributed by atoms with Crippen LogP contribution in [0.5, 0.6) is 0 Å². The fourth-order valence-electron chi connectivity index (χ4n) is 1.63. The van der Waals surface area contributed by atoms with Gasteiger partial charge in [0.05, 0.1) is 0 Å². The topological polar surface area (TPSA) is 66.9 Å². The second-order valence-corrected chi connectivity index (χ2v) is 4.96. The van der Waals surface area contributed by atoms with Crippen molar-refractivity contribution in [3.8, 4) is 0 Å². The first-order chi connectivity index (χ1) is 9.70. The monoisotopic (exact) mass is 334 g/mol. The van der Waals surface area contributed by atoms with Gasteiger partial charge in [0.25, 0.3) is 5.91 Å². The molecule has 2 aromatic rings. The van der Waals surface area contributed by atoms with Gasteiger partial charge in [-0.2, -0.15) is 0 Å². The number of hydrogen-bond donors (Lipinski definition) is 2. The van der Waals surface area contributed by atoms with Gasteiger partial charge < -0.3 is 10.6 Å². The maximum atomic E-state index is 11.5. The van der Waals surface area contributed by atoms with E-state index in [0.717, 1.165) is 10.0 Å². The smallest absolute Gasteiger partial charge is 0.271 e. The van der Waals surface area contributed by atoms with Crippen LogP contribution in [0.15, 0.2) is 40.9 Å². The van der Waals surface area contributed by atoms with Gasteiger partial charge in [0, 0.05) is 17.6 Å². The molecule has 0 bridgehead atoms. The lowest BCUT2D eigenvalue weighted by Gasteiger charge is -2.07. The van der Waals surface area contributed by atoms with Gasteiger partial charge in [0.2, 0.25) is 0 Å². The van der Waals surface area contributed by atoms with Gasteiger partial charge in [-0.05, 0) is 30.7 Å². The van der Waals surface area contributed by atoms with E-state index in [1.54, 1.807) is 12.1 Å². The van der Waals surface area contributed by atoms with Crippen molar-refractivity contribution in [2.75, 3.05) is 11.9 Å². The van der Waals surface area contributed by atoms with E-state index in [4.69, 9.17) is 0 Å². The first-order valence-electron chi connectivity index (χ1n) is 6.30. The number of amides is 1. The third kappa shape index (κ3) is 3.77. The minimum absolute atomic E-state index is 0.211. The number of carbonyl (C=O) groups is 1. The third-order valence-corrected chi connectivity index (χ3v) is 3.43. The quantitative estimate of drug-likeness (QED) is 0.881. The molecule has 2 rings (SSSR count). The van der Waals surface area contributed by atoms with E-state index in [2.05, 4.69) is 36.8 Å². The van der Waals surface area contributed by atoms with E-state index in [1.807, 2.05) is 31.2 Å². The van der Waals surface area contributed by atoms with Crippen molar-refractivity contribution < 1.29 is 4.79 Å². The van der Waals surface area contributed by atoms with Crippen LogP contribution in [0.1, 0.15) is 23.0 Å². The van der Waals surface area contributed by atoms with E-state index in [0.29, 0.717) is 24.6 Å². The van der Waals surface area contributed by atoms with Crippen LogP contribution in [-0.2, 0) is 6.54 Å². The number of benzene rings is 1. The lowest BCUT2D eigenvalue weighted by atomic mass is 10.2. The summed E-state index contributed by atoms with van der Waals surface area (Å²) >= 11 is 3.49. The van der Waals surface area contributed by atoms with Gasteiger partial charge in [-0.1, -0.05) is 34.1 Å². The highest BCUT2D eigenvalue weighted by atomic mass is 79.9. The van der Waals surface area contributed by atoms with Crippen LogP contribution in [-0.4, -0.2) is 22.6 Å². The lowest BCUT2D eigenvalue weighted by molar-refractivity contribution is 0.0950. The lowest BCUT2D eigenvalue weighted by Crippen LogP contribution is -2.24. The number of carbonyl (C=O) groups excluding carboxylic acids is 1. The predicted molar refractivity (Wildman–Crippen MR) is 81.5 cm³/mol. The van der Waals surface area contributed by atoms with Gasteiger partial charge in [-0.3, -0.25) is 4.79 Å². The highest BCUT2D eigenvalue weighted by Crippen LogP contribution is 2.16. The molecule has 0 saturated carbocycles. The summed E-state index contributed by atoms with van der Waals surface area (Å²) in [4.78, 5) is 11.5. The molecule has 1 aromatic carbocycles. The van der Waals surface area contributed by atoms with Crippen LogP contribution in [0, 0.1) is 0 Å². The summed E-state index contributed by atoms with van der Waals surface area (Å²) in [5.41, 5.74) is 1.44. The summed E-state index contributed by atoms with van der Waals surface area (Å²) in [5, 5.41) is 13.7. The normalized spacial score (nSPS) is 10.1. The number of anilines is 1. The molecule has 20 heavy (non-hydrogen) atoms. The molecular formula is C14H15BrN4O. The summed E-state index contributed by atoms with van der Waals surface area (Å²) < 4.78 is 1.04. The van der Waals surface area contributed by atoms with Gasteiger partial charge in [0.15, 0.2) is 5.69 Å². The number of hydrogen-bond acceptors (Lipinski definition) is 4. The van der Waals surface area contributed by atoms with Crippen LogP contribution >= 0.6 is 15.9 Å². The zero-order valence-electron chi connectivity index (χ0n) is 11.1. The maximum Gasteiger partial charge on any atom is 0.271 e. The van der Waals surface area contributed by atoms with Crippen LogP contribution < -0.4 is 10.6 Å². The number of nitrogens with zero attached hydrogens (tertiary/aromatic N) is 2. The zero-order valence-corrected chi connectivity index (χ0v) is 12.6. The molecule has 1 heterocycles. The molecule has 0 radical (unpaired) electrons. The molecule has 0 aliphatic rings. The molecule has 0 fully saturated rings. The molecule has 0 unspecified atom stereocenters. The van der Waals surface area contributed by atoms with Crippen LogP contribution in [0.2, 0.25) is 0 Å². The Morgan fingerprint density at radius 2 is 2.00 bits per heavy atom. The number of nitrogens with one attached hydrogen (secondary N) is 2. The molecule has 0 atom stereocenters. The Morgan fingerprint density at radius 1 is 1.20 bits per heavy atom. The molecule has 0 spiro atoms. The van der Waals surface area contributed by atoms with Gasteiger partial charge in [-0.25, -0.2) is 0 Å². The van der Waals surface area contributed by atoms with Crippen molar-refractivity contribution in [3.05, 3.63) is 52.1 Å². The molecule has 5 nitrogen and oxygen atoms in total. The second kappa shape index (κ2) is 7.00. The predicted octanol–water partition coefficient (Wildman–Crippen LogP) is 2.60. The molecular weight excluding hydrogens is 320 g/mol. The Morgan fingerprint density at radius 3 is 2.65 bits per heavy atom. The maximum absolute atomic E-state index is 11.5. The van der Waals surface area contributed by atoms with Crippen molar-refractivity contribution in [2.45, 2.75) is 13.5 Å². The van der Waals surface area contributed by atoms with E-state index in [1.165, 1.54) is 0 Å². The van der Waals surface area contributed by atoms with E-state index in [-0.39, 0.29) is 5.91 Å². The van der Waals surface area contributed by atoms with Crippen molar-refractivity contribution in [1.29, 1.82) is 0 Å². The SMILES string of the molecule is CCNC(=O)c1ccc(NCc2ccccc2Br)nn1. The number of rotatable bonds is 5. The fraction of sp³-hybridized carbons (Fsp3) is 0.214. The van der Waals surface area contributed by atoms with Crippen LogP contribution in [0.4, 0.5) is 5.82 Å². The molecule has 6 heteroatoms. The Kier molecular flexibility index (Phi) is 5.06. The number of aromatic nitrogens is 2. The second-order valence-electron chi connectivity index (χ2n) is 4.11. The van der Waals surface area contributed by atoms with E-state index < -0.39 is 0 Å². The average Bonchev–Trinajstić information content (AvgIpc) is 2.47. The fourth-order valence-corrected chi connectivity index (χ4v) is 2.05. The molecule has 0 saturated heterocycles. The van der Waals surface area contributed by atoms with Crippen LogP contribution in [0.3, 0.4) is 0 Å². The van der Waals surface area contributed by atoms with Gasteiger partial charge >= 0.3 is 0 Å². The molecule has 104 valence electrons. The summed E-state index contributed by atoms with van der Waals surface area (Å²) in [6, 6.07) is 11.4. The summed E-state index contributed by atoms with van der Waals surface area (Å²) in [6.07, 6.45) is 0. The largest absolute Gasteiger partial charge is 0.364 e. The zero-order chi connectivity index (χ0) is 14.4. The van der Waals surface area contributed by atoms with Crippen LogP contribution in [0.25, 0.3) is 0 Å². The van der Waals surface area contributed by atoms with Crippen molar-refractivity contribution in [3.63, 3.8) is 0 Å². The summed E-state index contributed by atoms with van der Waals surface area (Å²) in [5.74, 6) is 0.422. The molecule has 2 N–H and O–H groups in total. The summed E-state index contributed by atoms with van der Waals surface area (Å²) in [7, 11) is 0. The van der Waals surface area contributed by atoms with Gasteiger partial charge in [-0.15, -0.1) is 10.2 Å². The summed E-state index contributed by atoms with van der Waals surface area (Å²) in [6.45, 7) is 3.07. The molecule has 0 aliphatic carbocycles. The van der Waals surface area contributed by atoms with E-state index in [9.17, 15) is 4.79 Å². The highest BCUT2D eigenvalue weighted by Gasteiger charge is 2.06. The minimum Gasteiger partial charge on any atom is -0.364 e. The molecule has 1 aromatic heterocycles. The van der Waals surface area contributed by atoms with E-state index >= 15 is 0 Å². The Labute approximate surface area is 125 Å². The standard InChI is InChI=1S/C14H15BrN4O/c1-2-16-14(20)12-7-8-13(19-18-12)17-9-10-5-3-4-6-11(10)15/h3-8H,2,9H2,1H3,(H,16,20)(H,17,19). The Balaban J connectivity index is 1.98. The number of halogens is 1. The average molecular weight is 335 g/mol. The highest BCUT2D eigenvalue weighted by molar-refractivity contribution is 9.10. The Bertz CT molecular complexity index is 586. The van der Waals surface area contributed by atoms with Crippen molar-refractivity contribution >= 4 is 27.7 Å². The van der Waals surface area contributed by atoms with Crippen molar-refractivity contribution in [2.24, 2.45) is 0 Å². The molecule has 0 aliphatic heterocycles. The van der Waals surface area contributed by atoms with Gasteiger partial charge in [0.1, 0.15) is 5.82 Å².